The number of rotatable bonds is 3. The molecule has 0 radical (unpaired) electrons. The van der Waals surface area contributed by atoms with Gasteiger partial charge < -0.3 is 10.1 Å². The zero-order chi connectivity index (χ0) is 14.0. The van der Waals surface area contributed by atoms with Crippen LogP contribution in [0.25, 0.3) is 0 Å². The normalized spacial score (nSPS) is 14.8. The van der Waals surface area contributed by atoms with E-state index in [0.29, 0.717) is 0 Å². The number of hydrogen-bond acceptors (Lipinski definition) is 2. The Balaban J connectivity index is 2.95. The molecule has 1 N–H and O–H groups in total. The summed E-state index contributed by atoms with van der Waals surface area (Å²) in [6.45, 7) is 0. The van der Waals surface area contributed by atoms with Crippen LogP contribution in [0.4, 0.5) is 23.2 Å². The molecule has 0 aliphatic heterocycles. The minimum Gasteiger partial charge on any atom is -0.495 e. The van der Waals surface area contributed by atoms with E-state index < -0.39 is 17.2 Å². The van der Waals surface area contributed by atoms with Gasteiger partial charge in [-0.05, 0) is 12.1 Å². The van der Waals surface area contributed by atoms with Crippen LogP contribution in [-0.2, 0) is 4.79 Å². The van der Waals surface area contributed by atoms with Crippen molar-refractivity contribution in [2.24, 2.45) is 0 Å². The van der Waals surface area contributed by atoms with Gasteiger partial charge in [0.25, 0.3) is 5.91 Å². The molecule has 0 aromatic heterocycles. The van der Waals surface area contributed by atoms with Gasteiger partial charge in [0.2, 0.25) is 0 Å². The standard InChI is InChI=1S/C10H8ClF4NO2/c1-18-7-5-3-2-4-6(7)16-8(17)9(11,12)10(13,14)15/h2-5H,1H3,(H,16,17). The van der Waals surface area contributed by atoms with Crippen molar-refractivity contribution in [3.05, 3.63) is 24.3 Å². The molecule has 1 unspecified atom stereocenters. The molecule has 0 spiro atoms. The van der Waals surface area contributed by atoms with Gasteiger partial charge in [0, 0.05) is 0 Å². The number of anilines is 1. The summed E-state index contributed by atoms with van der Waals surface area (Å²) in [6, 6.07) is 5.60. The van der Waals surface area contributed by atoms with Crippen molar-refractivity contribution in [3.8, 4) is 5.75 Å². The largest absolute Gasteiger partial charge is 0.495 e. The van der Waals surface area contributed by atoms with Gasteiger partial charge in [-0.25, -0.2) is 4.39 Å². The van der Waals surface area contributed by atoms with Gasteiger partial charge in [0.15, 0.2) is 0 Å². The summed E-state index contributed by atoms with van der Waals surface area (Å²) < 4.78 is 54.4. The molecule has 1 amide bonds. The second kappa shape index (κ2) is 5.01. The fourth-order valence-corrected chi connectivity index (χ4v) is 1.12. The highest BCUT2D eigenvalue weighted by Gasteiger charge is 2.61. The Morgan fingerprint density at radius 1 is 1.28 bits per heavy atom. The van der Waals surface area contributed by atoms with E-state index in [0.717, 1.165) is 0 Å². The number of carbonyl (C=O) groups excluding carboxylic acids is 1. The summed E-state index contributed by atoms with van der Waals surface area (Å²) in [4.78, 5) is 11.2. The van der Waals surface area contributed by atoms with Crippen molar-refractivity contribution >= 4 is 23.2 Å². The molecule has 18 heavy (non-hydrogen) atoms. The van der Waals surface area contributed by atoms with Crippen molar-refractivity contribution in [1.82, 2.24) is 0 Å². The van der Waals surface area contributed by atoms with E-state index in [4.69, 9.17) is 4.74 Å². The quantitative estimate of drug-likeness (QED) is 0.684. The van der Waals surface area contributed by atoms with Gasteiger partial charge in [0.05, 0.1) is 12.8 Å². The van der Waals surface area contributed by atoms with Gasteiger partial charge in [0.1, 0.15) is 5.75 Å². The van der Waals surface area contributed by atoms with E-state index >= 15 is 0 Å². The Bertz CT molecular complexity index is 448. The maximum atomic E-state index is 13.1. The molecule has 8 heteroatoms. The molecular weight excluding hydrogens is 278 g/mol. The molecule has 0 aliphatic carbocycles. The summed E-state index contributed by atoms with van der Waals surface area (Å²) in [7, 11) is 1.25. The highest BCUT2D eigenvalue weighted by molar-refractivity contribution is 6.36. The zero-order valence-corrected chi connectivity index (χ0v) is 9.77. The van der Waals surface area contributed by atoms with Crippen LogP contribution in [-0.4, -0.2) is 24.3 Å². The van der Waals surface area contributed by atoms with Crippen LogP contribution in [0.3, 0.4) is 0 Å². The number of hydrogen-bond donors (Lipinski definition) is 1. The Hall–Kier alpha value is -1.50. The van der Waals surface area contributed by atoms with Gasteiger partial charge >= 0.3 is 11.3 Å². The predicted molar refractivity (Wildman–Crippen MR) is 57.4 cm³/mol. The Morgan fingerprint density at radius 2 is 1.83 bits per heavy atom. The summed E-state index contributed by atoms with van der Waals surface area (Å²) in [5.41, 5.74) is -0.114. The molecule has 3 nitrogen and oxygen atoms in total. The van der Waals surface area contributed by atoms with Crippen LogP contribution in [0.5, 0.6) is 5.75 Å². The second-order valence-electron chi connectivity index (χ2n) is 3.23. The van der Waals surface area contributed by atoms with Crippen LogP contribution in [0, 0.1) is 0 Å². The maximum Gasteiger partial charge on any atom is 0.446 e. The number of halogens is 5. The van der Waals surface area contributed by atoms with E-state index in [1.165, 1.54) is 31.4 Å². The smallest absolute Gasteiger partial charge is 0.446 e. The monoisotopic (exact) mass is 285 g/mol. The predicted octanol–water partition coefficient (Wildman–Crippen LogP) is 3.10. The van der Waals surface area contributed by atoms with E-state index in [-0.39, 0.29) is 11.4 Å². The van der Waals surface area contributed by atoms with Gasteiger partial charge in [-0.3, -0.25) is 4.79 Å². The summed E-state index contributed by atoms with van der Waals surface area (Å²) in [5.74, 6) is -1.94. The number of amides is 1. The van der Waals surface area contributed by atoms with Gasteiger partial charge in [-0.1, -0.05) is 23.7 Å². The number of carbonyl (C=O) groups is 1. The van der Waals surface area contributed by atoms with Crippen molar-refractivity contribution in [3.63, 3.8) is 0 Å². The fourth-order valence-electron chi connectivity index (χ4n) is 1.08. The molecule has 1 rings (SSSR count). The zero-order valence-electron chi connectivity index (χ0n) is 9.02. The third-order valence-electron chi connectivity index (χ3n) is 2.00. The maximum absolute atomic E-state index is 13.1. The lowest BCUT2D eigenvalue weighted by Gasteiger charge is -2.20. The Morgan fingerprint density at radius 3 is 2.33 bits per heavy atom. The molecule has 1 atom stereocenters. The average molecular weight is 286 g/mol. The van der Waals surface area contributed by atoms with Gasteiger partial charge in [-0.15, -0.1) is 0 Å². The molecule has 1 aromatic carbocycles. The number of nitrogens with one attached hydrogen (secondary N) is 1. The summed E-state index contributed by atoms with van der Waals surface area (Å²) in [6.07, 6.45) is -5.51. The topological polar surface area (TPSA) is 38.3 Å². The lowest BCUT2D eigenvalue weighted by molar-refractivity contribution is -0.197. The number of alkyl halides is 5. The Labute approximate surface area is 105 Å². The lowest BCUT2D eigenvalue weighted by atomic mass is 10.2. The summed E-state index contributed by atoms with van der Waals surface area (Å²) in [5, 5.41) is -2.77. The molecule has 0 aliphatic rings. The van der Waals surface area contributed by atoms with E-state index in [9.17, 15) is 22.4 Å². The van der Waals surface area contributed by atoms with Gasteiger partial charge in [-0.2, -0.15) is 13.2 Å². The fraction of sp³-hybridized carbons (Fsp3) is 0.300. The highest BCUT2D eigenvalue weighted by Crippen LogP contribution is 2.39. The first-order chi connectivity index (χ1) is 8.20. The minimum absolute atomic E-state index is 0.0838. The first-order valence-corrected chi connectivity index (χ1v) is 4.97. The van der Waals surface area contributed by atoms with Crippen LogP contribution < -0.4 is 10.1 Å². The van der Waals surface area contributed by atoms with Crippen molar-refractivity contribution < 1.29 is 27.1 Å². The molecule has 0 bridgehead atoms. The molecule has 0 saturated heterocycles. The third-order valence-corrected chi connectivity index (χ3v) is 2.38. The first-order valence-electron chi connectivity index (χ1n) is 4.59. The number of benzene rings is 1. The first kappa shape index (κ1) is 14.6. The van der Waals surface area contributed by atoms with Crippen molar-refractivity contribution in [2.75, 3.05) is 12.4 Å². The van der Waals surface area contributed by atoms with Crippen LogP contribution in [0.15, 0.2) is 24.3 Å². The van der Waals surface area contributed by atoms with Crippen molar-refractivity contribution in [1.29, 1.82) is 0 Å². The van der Waals surface area contributed by atoms with E-state index in [1.807, 2.05) is 0 Å². The Kier molecular flexibility index (Phi) is 4.05. The molecule has 0 heterocycles. The second-order valence-corrected chi connectivity index (χ2v) is 3.75. The number of ether oxygens (including phenoxy) is 1. The van der Waals surface area contributed by atoms with Crippen molar-refractivity contribution in [2.45, 2.75) is 11.3 Å². The van der Waals surface area contributed by atoms with E-state index in [2.05, 4.69) is 11.6 Å². The average Bonchev–Trinajstić information content (AvgIpc) is 2.28. The molecule has 1 aromatic rings. The molecule has 0 fully saturated rings. The van der Waals surface area contributed by atoms with Crippen LogP contribution in [0.1, 0.15) is 0 Å². The minimum atomic E-state index is -5.51. The number of para-hydroxylation sites is 2. The van der Waals surface area contributed by atoms with Crippen LogP contribution in [0.2, 0.25) is 0 Å². The number of methoxy groups -OCH3 is 1. The lowest BCUT2D eigenvalue weighted by Crippen LogP contribution is -2.46. The SMILES string of the molecule is COc1ccccc1NC(=O)C(F)(Cl)C(F)(F)F. The third kappa shape index (κ3) is 2.84. The van der Waals surface area contributed by atoms with E-state index in [1.54, 1.807) is 5.32 Å². The van der Waals surface area contributed by atoms with Crippen LogP contribution >= 0.6 is 11.6 Å². The molecule has 0 saturated carbocycles. The molecular formula is C10H8ClF4NO2. The highest BCUT2D eigenvalue weighted by atomic mass is 35.5. The summed E-state index contributed by atoms with van der Waals surface area (Å²) >= 11 is 4.56. The molecule has 100 valence electrons.